The summed E-state index contributed by atoms with van der Waals surface area (Å²) in [6.07, 6.45) is 56.4. The molecule has 0 aliphatic carbocycles. The average Bonchev–Trinajstić information content (AvgIpc) is 3.24. The van der Waals surface area contributed by atoms with E-state index in [9.17, 15) is 19.8 Å². The van der Waals surface area contributed by atoms with Crippen molar-refractivity contribution in [2.75, 3.05) is 6.61 Å². The van der Waals surface area contributed by atoms with Gasteiger partial charge in [0.2, 0.25) is 5.91 Å². The van der Waals surface area contributed by atoms with Crippen LogP contribution in [0.2, 0.25) is 0 Å². The van der Waals surface area contributed by atoms with Gasteiger partial charge in [-0.05, 0) is 64.2 Å². The molecule has 0 saturated carbocycles. The lowest BCUT2D eigenvalue weighted by molar-refractivity contribution is -0.151. The largest absolute Gasteiger partial charge is 0.462 e. The Morgan fingerprint density at radius 2 is 0.850 bits per heavy atom. The Bertz CT molecular complexity index is 993. The fraction of sp³-hybridized carbons (Fsp3) is 0.852. The minimum atomic E-state index is -0.786. The normalized spacial score (nSPS) is 13.5. The van der Waals surface area contributed by atoms with Crippen LogP contribution >= 0.6 is 0 Å². The van der Waals surface area contributed by atoms with Gasteiger partial charge in [0.05, 0.1) is 25.2 Å². The first-order valence-corrected chi connectivity index (χ1v) is 26.2. The summed E-state index contributed by atoms with van der Waals surface area (Å²) in [6.45, 7) is 6.44. The third kappa shape index (κ3) is 42.8. The lowest BCUT2D eigenvalue weighted by Crippen LogP contribution is -2.46. The number of aliphatic hydroxyl groups is 2. The Labute approximate surface area is 373 Å². The van der Waals surface area contributed by atoms with Gasteiger partial charge < -0.3 is 20.3 Å². The number of carbonyl (C=O) groups excluding carboxylic acids is 2. The second-order valence-corrected chi connectivity index (χ2v) is 17.9. The number of amides is 1. The fourth-order valence-electron chi connectivity index (χ4n) is 7.97. The summed E-state index contributed by atoms with van der Waals surface area (Å²) in [5.41, 5.74) is 0. The van der Waals surface area contributed by atoms with E-state index in [4.69, 9.17) is 4.74 Å². The molecule has 0 bridgehead atoms. The highest BCUT2D eigenvalue weighted by Gasteiger charge is 2.24. The van der Waals surface area contributed by atoms with E-state index in [1.54, 1.807) is 0 Å². The topological polar surface area (TPSA) is 95.9 Å². The second-order valence-electron chi connectivity index (χ2n) is 17.9. The van der Waals surface area contributed by atoms with Crippen molar-refractivity contribution >= 4 is 11.9 Å². The minimum Gasteiger partial charge on any atom is -0.462 e. The van der Waals surface area contributed by atoms with Crippen LogP contribution < -0.4 is 5.32 Å². The summed E-state index contributed by atoms with van der Waals surface area (Å²) in [4.78, 5) is 26.1. The maximum Gasteiger partial charge on any atom is 0.306 e. The van der Waals surface area contributed by atoms with Crippen molar-refractivity contribution in [3.05, 3.63) is 36.5 Å². The highest BCUT2D eigenvalue weighted by atomic mass is 16.5. The predicted molar refractivity (Wildman–Crippen MR) is 259 cm³/mol. The van der Waals surface area contributed by atoms with Crippen LogP contribution in [0.4, 0.5) is 0 Å². The molecule has 0 saturated heterocycles. The number of hydrogen-bond acceptors (Lipinski definition) is 5. The van der Waals surface area contributed by atoms with Gasteiger partial charge in [-0.15, -0.1) is 0 Å². The Morgan fingerprint density at radius 3 is 1.32 bits per heavy atom. The Kier molecular flexibility index (Phi) is 46.6. The first-order chi connectivity index (χ1) is 29.5. The standard InChI is InChI=1S/C54H101NO5/c1-4-7-10-13-16-19-21-23-25-26-27-28-29-31-33-35-38-41-44-47-54(59)60-50(45-42-39-36-18-15-12-9-6-3)48-53(58)55-51(49-56)52(57)46-43-40-37-34-32-30-24-22-20-17-14-11-8-5-2/h16,19,23,25,27-28,50-52,56-57H,4-15,17-18,20-22,24,26,29-49H2,1-3H3,(H,55,58)/b19-16-,25-23-,28-27-. The van der Waals surface area contributed by atoms with Gasteiger partial charge in [0.25, 0.3) is 0 Å². The number of esters is 1. The van der Waals surface area contributed by atoms with Gasteiger partial charge in [-0.2, -0.15) is 0 Å². The van der Waals surface area contributed by atoms with E-state index in [0.717, 1.165) is 64.2 Å². The van der Waals surface area contributed by atoms with Crippen LogP contribution in [0.1, 0.15) is 271 Å². The van der Waals surface area contributed by atoms with Crippen LogP contribution in [0, 0.1) is 0 Å². The number of carbonyl (C=O) groups is 2. The van der Waals surface area contributed by atoms with Gasteiger partial charge >= 0.3 is 5.97 Å². The van der Waals surface area contributed by atoms with E-state index < -0.39 is 18.2 Å². The molecule has 0 heterocycles. The Hall–Kier alpha value is -1.92. The van der Waals surface area contributed by atoms with Crippen LogP contribution in [-0.4, -0.2) is 46.9 Å². The molecule has 60 heavy (non-hydrogen) atoms. The SMILES string of the molecule is CCCCC/C=C\C/C=C\C/C=C\CCCCCCCCC(=O)OC(CCCCCCCCCC)CC(=O)NC(CO)C(O)CCCCCCCCCCCCCCCC. The zero-order valence-corrected chi connectivity index (χ0v) is 40.1. The number of rotatable bonds is 47. The van der Waals surface area contributed by atoms with Gasteiger partial charge in [0.1, 0.15) is 6.10 Å². The smallest absolute Gasteiger partial charge is 0.306 e. The number of allylic oxidation sites excluding steroid dienone is 6. The molecule has 3 unspecified atom stereocenters. The molecule has 0 spiro atoms. The Balaban J connectivity index is 4.40. The van der Waals surface area contributed by atoms with Crippen molar-refractivity contribution < 1.29 is 24.5 Å². The molecular weight excluding hydrogens is 743 g/mol. The monoisotopic (exact) mass is 844 g/mol. The summed E-state index contributed by atoms with van der Waals surface area (Å²) in [5, 5.41) is 23.7. The number of nitrogens with one attached hydrogen (secondary N) is 1. The molecule has 3 atom stereocenters. The molecule has 3 N–H and O–H groups in total. The van der Waals surface area contributed by atoms with E-state index in [0.29, 0.717) is 19.3 Å². The quantitative estimate of drug-likeness (QED) is 0.0322. The molecule has 6 heteroatoms. The summed E-state index contributed by atoms with van der Waals surface area (Å²) in [6, 6.07) is -0.700. The van der Waals surface area contributed by atoms with Gasteiger partial charge in [-0.25, -0.2) is 0 Å². The molecule has 0 aliphatic heterocycles. The van der Waals surface area contributed by atoms with E-state index in [1.165, 1.54) is 161 Å². The number of aliphatic hydroxyl groups excluding tert-OH is 2. The van der Waals surface area contributed by atoms with E-state index in [1.807, 2.05) is 0 Å². The van der Waals surface area contributed by atoms with Gasteiger partial charge in [0.15, 0.2) is 0 Å². The minimum absolute atomic E-state index is 0.0750. The molecule has 0 aromatic heterocycles. The van der Waals surface area contributed by atoms with Gasteiger partial charge in [-0.1, -0.05) is 231 Å². The summed E-state index contributed by atoms with van der Waals surface area (Å²) in [5.74, 6) is -0.482. The van der Waals surface area contributed by atoms with Crippen molar-refractivity contribution in [1.29, 1.82) is 0 Å². The van der Waals surface area contributed by atoms with Gasteiger partial charge in [-0.3, -0.25) is 9.59 Å². The van der Waals surface area contributed by atoms with Crippen molar-refractivity contribution in [3.63, 3.8) is 0 Å². The second kappa shape index (κ2) is 48.1. The first-order valence-electron chi connectivity index (χ1n) is 26.2. The summed E-state index contributed by atoms with van der Waals surface area (Å²) < 4.78 is 5.91. The van der Waals surface area contributed by atoms with Crippen LogP contribution in [0.5, 0.6) is 0 Å². The first kappa shape index (κ1) is 58.1. The maximum atomic E-state index is 13.2. The molecule has 1 amide bonds. The predicted octanol–water partition coefficient (Wildman–Crippen LogP) is 15.7. The molecular formula is C54H101NO5. The van der Waals surface area contributed by atoms with E-state index in [2.05, 4.69) is 62.5 Å². The van der Waals surface area contributed by atoms with Crippen molar-refractivity contribution in [2.24, 2.45) is 0 Å². The van der Waals surface area contributed by atoms with Crippen molar-refractivity contribution in [3.8, 4) is 0 Å². The highest BCUT2D eigenvalue weighted by molar-refractivity contribution is 5.77. The van der Waals surface area contributed by atoms with Crippen LogP contribution in [0.3, 0.4) is 0 Å². The van der Waals surface area contributed by atoms with Crippen LogP contribution in [0.25, 0.3) is 0 Å². The molecule has 0 fully saturated rings. The number of ether oxygens (including phenoxy) is 1. The third-order valence-corrected chi connectivity index (χ3v) is 12.0. The van der Waals surface area contributed by atoms with Gasteiger partial charge in [0, 0.05) is 6.42 Å². The zero-order valence-electron chi connectivity index (χ0n) is 40.1. The van der Waals surface area contributed by atoms with Crippen molar-refractivity contribution in [1.82, 2.24) is 5.32 Å². The lowest BCUT2D eigenvalue weighted by atomic mass is 10.0. The lowest BCUT2D eigenvalue weighted by Gasteiger charge is -2.24. The fourth-order valence-corrected chi connectivity index (χ4v) is 7.97. The molecule has 0 aromatic carbocycles. The molecule has 0 radical (unpaired) electrons. The molecule has 352 valence electrons. The van der Waals surface area contributed by atoms with Crippen LogP contribution in [0.15, 0.2) is 36.5 Å². The maximum absolute atomic E-state index is 13.2. The summed E-state index contributed by atoms with van der Waals surface area (Å²) in [7, 11) is 0. The third-order valence-electron chi connectivity index (χ3n) is 12.0. The van der Waals surface area contributed by atoms with E-state index in [-0.39, 0.29) is 24.9 Å². The molecule has 0 rings (SSSR count). The number of hydrogen-bond donors (Lipinski definition) is 3. The zero-order chi connectivity index (χ0) is 43.8. The molecule has 0 aromatic rings. The summed E-state index contributed by atoms with van der Waals surface area (Å²) >= 11 is 0. The number of unbranched alkanes of at least 4 members (excludes halogenated alkanes) is 29. The molecule has 0 aliphatic rings. The van der Waals surface area contributed by atoms with E-state index >= 15 is 0 Å². The van der Waals surface area contributed by atoms with Crippen molar-refractivity contribution in [2.45, 2.75) is 289 Å². The Morgan fingerprint density at radius 1 is 0.483 bits per heavy atom. The highest BCUT2D eigenvalue weighted by Crippen LogP contribution is 2.18. The molecule has 6 nitrogen and oxygen atoms in total. The van der Waals surface area contributed by atoms with Crippen LogP contribution in [-0.2, 0) is 14.3 Å². The average molecular weight is 844 g/mol.